The monoisotopic (exact) mass is 402 g/mol. The third-order valence-corrected chi connectivity index (χ3v) is 5.03. The minimum Gasteiger partial charge on any atom is -0.493 e. The zero-order valence-electron chi connectivity index (χ0n) is 17.8. The molecule has 160 valence electrons. The zero-order valence-corrected chi connectivity index (χ0v) is 17.8. The first kappa shape index (κ1) is 23.2. The Morgan fingerprint density at radius 3 is 2.00 bits per heavy atom. The lowest BCUT2D eigenvalue weighted by atomic mass is 10.1. The van der Waals surface area contributed by atoms with E-state index in [0.717, 1.165) is 39.0 Å². The van der Waals surface area contributed by atoms with Gasteiger partial charge >= 0.3 is 0 Å². The Hall–Kier alpha value is -2.11. The highest BCUT2D eigenvalue weighted by atomic mass is 19.1. The van der Waals surface area contributed by atoms with Gasteiger partial charge in [-0.15, -0.1) is 0 Å². The van der Waals surface area contributed by atoms with Crippen molar-refractivity contribution in [3.8, 4) is 11.5 Å². The topological polar surface area (TPSA) is 42.5 Å². The lowest BCUT2D eigenvalue weighted by molar-refractivity contribution is 0.336. The lowest BCUT2D eigenvalue weighted by Gasteiger charge is -2.12. The molecule has 0 aliphatic rings. The molecule has 0 bridgehead atoms. The molecule has 0 unspecified atom stereocenters. The minimum absolute atomic E-state index is 0.183. The van der Waals surface area contributed by atoms with Gasteiger partial charge < -0.3 is 20.1 Å². The van der Waals surface area contributed by atoms with E-state index in [1.165, 1.54) is 39.0 Å². The third kappa shape index (κ3) is 8.42. The maximum absolute atomic E-state index is 14.4. The van der Waals surface area contributed by atoms with Crippen molar-refractivity contribution >= 4 is 0 Å². The summed E-state index contributed by atoms with van der Waals surface area (Å²) in [5, 5.41) is 6.92. The first-order valence-electron chi connectivity index (χ1n) is 10.6. The second-order valence-corrected chi connectivity index (χ2v) is 7.17. The number of nitrogens with one attached hydrogen (secondary N) is 2. The standard InChI is InChI=1S/C24H35FN2O2/c1-28-22-13-12-21(23(25)24(22)29-2)15-19-27-17-9-4-3-8-16-26-18-14-20-10-6-5-7-11-20/h5-7,10-13,26-27H,3-4,8-9,14-19H2,1-2H3. The second-order valence-electron chi connectivity index (χ2n) is 7.17. The van der Waals surface area contributed by atoms with Crippen LogP contribution in [0.4, 0.5) is 4.39 Å². The molecule has 0 saturated carbocycles. The highest BCUT2D eigenvalue weighted by Gasteiger charge is 2.14. The average Bonchev–Trinajstić information content (AvgIpc) is 2.75. The van der Waals surface area contributed by atoms with Gasteiger partial charge in [-0.1, -0.05) is 49.2 Å². The van der Waals surface area contributed by atoms with E-state index in [-0.39, 0.29) is 11.6 Å². The van der Waals surface area contributed by atoms with Crippen LogP contribution < -0.4 is 20.1 Å². The summed E-state index contributed by atoms with van der Waals surface area (Å²) >= 11 is 0. The molecule has 0 amide bonds. The molecule has 0 aliphatic carbocycles. The van der Waals surface area contributed by atoms with Crippen LogP contribution in [0.2, 0.25) is 0 Å². The van der Waals surface area contributed by atoms with Gasteiger partial charge in [0.15, 0.2) is 17.3 Å². The van der Waals surface area contributed by atoms with Crippen LogP contribution in [0, 0.1) is 5.82 Å². The highest BCUT2D eigenvalue weighted by Crippen LogP contribution is 2.31. The summed E-state index contributed by atoms with van der Waals surface area (Å²) in [4.78, 5) is 0. The molecule has 0 aliphatic heterocycles. The number of benzene rings is 2. The molecule has 4 nitrogen and oxygen atoms in total. The fraction of sp³-hybridized carbons (Fsp3) is 0.500. The number of rotatable bonds is 15. The van der Waals surface area contributed by atoms with Crippen LogP contribution in [0.15, 0.2) is 42.5 Å². The number of ether oxygens (including phenoxy) is 2. The second kappa shape index (κ2) is 14.0. The van der Waals surface area contributed by atoms with E-state index >= 15 is 0 Å². The van der Waals surface area contributed by atoms with Crippen LogP contribution in [0.5, 0.6) is 11.5 Å². The van der Waals surface area contributed by atoms with Crippen molar-refractivity contribution in [2.75, 3.05) is 40.4 Å². The van der Waals surface area contributed by atoms with Crippen molar-refractivity contribution in [2.45, 2.75) is 38.5 Å². The van der Waals surface area contributed by atoms with Gasteiger partial charge in [0, 0.05) is 0 Å². The molecule has 0 saturated heterocycles. The molecule has 0 atom stereocenters. The Bertz CT molecular complexity index is 695. The third-order valence-electron chi connectivity index (χ3n) is 5.03. The summed E-state index contributed by atoms with van der Waals surface area (Å²) in [6.07, 6.45) is 6.55. The van der Waals surface area contributed by atoms with Gasteiger partial charge in [-0.2, -0.15) is 0 Å². The van der Waals surface area contributed by atoms with Crippen LogP contribution >= 0.6 is 0 Å². The Kier molecular flexibility index (Phi) is 11.2. The SMILES string of the molecule is COc1ccc(CCNCCCCCCNCCc2ccccc2)c(F)c1OC. The van der Waals surface area contributed by atoms with Crippen molar-refractivity contribution in [3.05, 3.63) is 59.4 Å². The summed E-state index contributed by atoms with van der Waals surface area (Å²) in [5.74, 6) is 0.284. The molecule has 2 rings (SSSR count). The van der Waals surface area contributed by atoms with Crippen molar-refractivity contribution < 1.29 is 13.9 Å². The smallest absolute Gasteiger partial charge is 0.197 e. The molecule has 0 heterocycles. The fourth-order valence-corrected chi connectivity index (χ4v) is 3.33. The number of hydrogen-bond donors (Lipinski definition) is 2. The normalized spacial score (nSPS) is 10.9. The van der Waals surface area contributed by atoms with Gasteiger partial charge in [0.05, 0.1) is 14.2 Å². The minimum atomic E-state index is -0.326. The molecule has 29 heavy (non-hydrogen) atoms. The van der Waals surface area contributed by atoms with Crippen LogP contribution in [-0.2, 0) is 12.8 Å². The summed E-state index contributed by atoms with van der Waals surface area (Å²) in [6.45, 7) is 3.85. The van der Waals surface area contributed by atoms with Crippen LogP contribution in [0.3, 0.4) is 0 Å². The Balaban J connectivity index is 1.45. The van der Waals surface area contributed by atoms with Crippen molar-refractivity contribution in [1.29, 1.82) is 0 Å². The average molecular weight is 403 g/mol. The molecule has 5 heteroatoms. The predicted molar refractivity (Wildman–Crippen MR) is 118 cm³/mol. The molecule has 0 spiro atoms. The Morgan fingerprint density at radius 2 is 1.38 bits per heavy atom. The van der Waals surface area contributed by atoms with Gasteiger partial charge in [0.25, 0.3) is 0 Å². The van der Waals surface area contributed by atoms with Crippen LogP contribution in [0.1, 0.15) is 36.8 Å². The van der Waals surface area contributed by atoms with E-state index in [9.17, 15) is 4.39 Å². The predicted octanol–water partition coefficient (Wildman–Crippen LogP) is 4.37. The molecule has 0 aromatic heterocycles. The van der Waals surface area contributed by atoms with E-state index in [4.69, 9.17) is 9.47 Å². The van der Waals surface area contributed by atoms with Gasteiger partial charge in [0.1, 0.15) is 0 Å². The van der Waals surface area contributed by atoms with Gasteiger partial charge in [-0.3, -0.25) is 0 Å². The summed E-state index contributed by atoms with van der Waals surface area (Å²) in [6, 6.07) is 14.1. The van der Waals surface area contributed by atoms with E-state index in [2.05, 4.69) is 41.0 Å². The molecule has 0 radical (unpaired) electrons. The first-order valence-corrected chi connectivity index (χ1v) is 10.6. The quantitative estimate of drug-likeness (QED) is 0.434. The molecule has 2 N–H and O–H groups in total. The number of hydrogen-bond acceptors (Lipinski definition) is 4. The van der Waals surface area contributed by atoms with Crippen molar-refractivity contribution in [1.82, 2.24) is 10.6 Å². The lowest BCUT2D eigenvalue weighted by Crippen LogP contribution is -2.20. The van der Waals surface area contributed by atoms with E-state index in [1.54, 1.807) is 12.1 Å². The fourth-order valence-electron chi connectivity index (χ4n) is 3.33. The van der Waals surface area contributed by atoms with Crippen molar-refractivity contribution in [2.24, 2.45) is 0 Å². The largest absolute Gasteiger partial charge is 0.493 e. The van der Waals surface area contributed by atoms with Crippen LogP contribution in [-0.4, -0.2) is 40.4 Å². The maximum atomic E-state index is 14.4. The molecule has 0 fully saturated rings. The molecular formula is C24H35FN2O2. The molecule has 2 aromatic rings. The number of halogens is 1. The highest BCUT2D eigenvalue weighted by molar-refractivity contribution is 5.44. The Labute approximate surface area is 174 Å². The number of methoxy groups -OCH3 is 2. The van der Waals surface area contributed by atoms with Crippen molar-refractivity contribution in [3.63, 3.8) is 0 Å². The summed E-state index contributed by atoms with van der Waals surface area (Å²) in [7, 11) is 2.97. The molecule has 2 aromatic carbocycles. The molecular weight excluding hydrogens is 367 g/mol. The summed E-state index contributed by atoms with van der Waals surface area (Å²) in [5.41, 5.74) is 2.04. The maximum Gasteiger partial charge on any atom is 0.197 e. The van der Waals surface area contributed by atoms with Gasteiger partial charge in [0.2, 0.25) is 0 Å². The zero-order chi connectivity index (χ0) is 20.7. The van der Waals surface area contributed by atoms with Crippen LogP contribution in [0.25, 0.3) is 0 Å². The Morgan fingerprint density at radius 1 is 0.724 bits per heavy atom. The summed E-state index contributed by atoms with van der Waals surface area (Å²) < 4.78 is 24.6. The van der Waals surface area contributed by atoms with Gasteiger partial charge in [-0.05, 0) is 69.1 Å². The van der Waals surface area contributed by atoms with E-state index < -0.39 is 0 Å². The van der Waals surface area contributed by atoms with E-state index in [1.807, 2.05) is 0 Å². The number of unbranched alkanes of at least 4 members (excludes halogenated alkanes) is 3. The van der Waals surface area contributed by atoms with E-state index in [0.29, 0.717) is 17.7 Å². The van der Waals surface area contributed by atoms with Gasteiger partial charge in [-0.25, -0.2) is 4.39 Å². The first-order chi connectivity index (χ1) is 14.3.